The van der Waals surface area contributed by atoms with Crippen molar-refractivity contribution in [1.82, 2.24) is 5.43 Å². The van der Waals surface area contributed by atoms with Crippen molar-refractivity contribution in [2.75, 3.05) is 13.7 Å². The van der Waals surface area contributed by atoms with Crippen LogP contribution < -0.4 is 14.9 Å². The molecule has 0 saturated heterocycles. The molecule has 0 aliphatic heterocycles. The molecular formula is C17H16Br2N2O4. The maximum Gasteiger partial charge on any atom is 0.277 e. The molecule has 2 rings (SSSR count). The second-order valence-electron chi connectivity index (χ2n) is 5.06. The third-order valence-electron chi connectivity index (χ3n) is 3.12. The van der Waals surface area contributed by atoms with Crippen LogP contribution >= 0.6 is 31.9 Å². The summed E-state index contributed by atoms with van der Waals surface area (Å²) in [6, 6.07) is 8.62. The van der Waals surface area contributed by atoms with E-state index >= 15 is 0 Å². The summed E-state index contributed by atoms with van der Waals surface area (Å²) in [7, 11) is 1.51. The quantitative estimate of drug-likeness (QED) is 0.496. The fraction of sp³-hybridized carbons (Fsp3) is 0.176. The van der Waals surface area contributed by atoms with Crippen molar-refractivity contribution in [3.8, 4) is 17.2 Å². The minimum absolute atomic E-state index is 0.0865. The highest BCUT2D eigenvalue weighted by molar-refractivity contribution is 9.11. The summed E-state index contributed by atoms with van der Waals surface area (Å²) in [5.74, 6) is 0.548. The van der Waals surface area contributed by atoms with Crippen LogP contribution in [0.2, 0.25) is 0 Å². The van der Waals surface area contributed by atoms with Gasteiger partial charge in [0.25, 0.3) is 5.91 Å². The van der Waals surface area contributed by atoms with Gasteiger partial charge in [-0.05, 0) is 47.1 Å². The first-order valence-corrected chi connectivity index (χ1v) is 8.76. The first kappa shape index (κ1) is 19.3. The highest BCUT2D eigenvalue weighted by atomic mass is 79.9. The lowest BCUT2D eigenvalue weighted by Crippen LogP contribution is -2.24. The predicted molar refractivity (Wildman–Crippen MR) is 102 cm³/mol. The van der Waals surface area contributed by atoms with Gasteiger partial charge in [-0.3, -0.25) is 4.79 Å². The zero-order valence-corrected chi connectivity index (χ0v) is 16.7. The standard InChI is InChI=1S/C17H16Br2N2O4/c1-10-3-4-14(22)11(5-10)8-20-21-16(23)9-25-17-13(19)6-12(18)7-15(17)24-2/h3-8,22H,9H2,1-2H3,(H,21,23)/b20-8+. The number of methoxy groups -OCH3 is 1. The number of phenolic OH excluding ortho intramolecular Hbond substituents is 1. The Morgan fingerprint density at radius 1 is 1.32 bits per heavy atom. The number of aromatic hydroxyl groups is 1. The third kappa shape index (κ3) is 5.47. The van der Waals surface area contributed by atoms with Crippen molar-refractivity contribution in [1.29, 1.82) is 0 Å². The number of hydrogen-bond donors (Lipinski definition) is 2. The lowest BCUT2D eigenvalue weighted by atomic mass is 10.1. The van der Waals surface area contributed by atoms with Gasteiger partial charge in [-0.25, -0.2) is 5.43 Å². The fourth-order valence-electron chi connectivity index (χ4n) is 1.95. The van der Waals surface area contributed by atoms with Crippen LogP contribution in [0.5, 0.6) is 17.2 Å². The Bertz CT molecular complexity index is 809. The molecule has 25 heavy (non-hydrogen) atoms. The summed E-state index contributed by atoms with van der Waals surface area (Å²) in [5.41, 5.74) is 3.83. The molecule has 0 spiro atoms. The molecule has 0 fully saturated rings. The number of carbonyl (C=O) groups is 1. The maximum absolute atomic E-state index is 11.9. The van der Waals surface area contributed by atoms with Crippen molar-refractivity contribution in [2.45, 2.75) is 6.92 Å². The maximum atomic E-state index is 11.9. The molecule has 0 heterocycles. The van der Waals surface area contributed by atoms with Crippen molar-refractivity contribution >= 4 is 44.0 Å². The molecule has 2 aromatic rings. The van der Waals surface area contributed by atoms with Crippen LogP contribution in [0.4, 0.5) is 0 Å². The van der Waals surface area contributed by atoms with Crippen LogP contribution in [0.1, 0.15) is 11.1 Å². The topological polar surface area (TPSA) is 80.2 Å². The third-order valence-corrected chi connectivity index (χ3v) is 4.16. The van der Waals surface area contributed by atoms with E-state index in [1.165, 1.54) is 13.3 Å². The van der Waals surface area contributed by atoms with E-state index in [9.17, 15) is 9.90 Å². The molecule has 0 saturated carbocycles. The molecule has 0 atom stereocenters. The minimum atomic E-state index is -0.444. The molecule has 132 valence electrons. The van der Waals surface area contributed by atoms with Crippen LogP contribution in [0.3, 0.4) is 0 Å². The Morgan fingerprint density at radius 3 is 2.80 bits per heavy atom. The van der Waals surface area contributed by atoms with Crippen molar-refractivity contribution < 1.29 is 19.4 Å². The number of hydrogen-bond acceptors (Lipinski definition) is 5. The number of amides is 1. The fourth-order valence-corrected chi connectivity index (χ4v) is 3.25. The summed E-state index contributed by atoms with van der Waals surface area (Å²) in [4.78, 5) is 11.9. The number of nitrogens with zero attached hydrogens (tertiary/aromatic N) is 1. The number of halogens is 2. The monoisotopic (exact) mass is 470 g/mol. The van der Waals surface area contributed by atoms with Gasteiger partial charge in [0.15, 0.2) is 18.1 Å². The number of hydrazone groups is 1. The number of aryl methyl sites for hydroxylation is 1. The van der Waals surface area contributed by atoms with Crippen molar-refractivity contribution in [3.63, 3.8) is 0 Å². The Kier molecular flexibility index (Phi) is 6.83. The molecule has 0 aliphatic carbocycles. The summed E-state index contributed by atoms with van der Waals surface area (Å²) in [6.07, 6.45) is 1.37. The van der Waals surface area contributed by atoms with Crippen LogP contribution in [0.25, 0.3) is 0 Å². The molecule has 0 radical (unpaired) electrons. The van der Waals surface area contributed by atoms with Gasteiger partial charge < -0.3 is 14.6 Å². The smallest absolute Gasteiger partial charge is 0.277 e. The molecule has 8 heteroatoms. The van der Waals surface area contributed by atoms with Gasteiger partial charge in [0.1, 0.15) is 5.75 Å². The van der Waals surface area contributed by atoms with Gasteiger partial charge in [0.2, 0.25) is 0 Å². The molecule has 1 amide bonds. The first-order valence-electron chi connectivity index (χ1n) is 7.18. The number of phenols is 1. The Balaban J connectivity index is 1.95. The molecule has 0 unspecified atom stereocenters. The largest absolute Gasteiger partial charge is 0.507 e. The highest BCUT2D eigenvalue weighted by Crippen LogP contribution is 2.38. The number of ether oxygens (including phenoxy) is 2. The second kappa shape index (κ2) is 8.87. The average molecular weight is 472 g/mol. The molecule has 0 bridgehead atoms. The number of rotatable bonds is 6. The predicted octanol–water partition coefficient (Wildman–Crippen LogP) is 3.76. The SMILES string of the molecule is COc1cc(Br)cc(Br)c1OCC(=O)N/N=C/c1cc(C)ccc1O. The minimum Gasteiger partial charge on any atom is -0.507 e. The van der Waals surface area contributed by atoms with Gasteiger partial charge >= 0.3 is 0 Å². The molecular weight excluding hydrogens is 456 g/mol. The van der Waals surface area contributed by atoms with Crippen molar-refractivity contribution in [2.24, 2.45) is 5.10 Å². The Labute approximate surface area is 162 Å². The van der Waals surface area contributed by atoms with Crippen LogP contribution in [0, 0.1) is 6.92 Å². The summed E-state index contributed by atoms with van der Waals surface area (Å²) in [5, 5.41) is 13.5. The number of nitrogens with one attached hydrogen (secondary N) is 1. The van der Waals surface area contributed by atoms with Gasteiger partial charge in [0.05, 0.1) is 17.8 Å². The zero-order valence-electron chi connectivity index (χ0n) is 13.5. The lowest BCUT2D eigenvalue weighted by molar-refractivity contribution is -0.123. The number of benzene rings is 2. The Morgan fingerprint density at radius 2 is 2.08 bits per heavy atom. The van der Waals surface area contributed by atoms with E-state index in [2.05, 4.69) is 42.4 Å². The summed E-state index contributed by atoms with van der Waals surface area (Å²) in [6.45, 7) is 1.65. The van der Waals surface area contributed by atoms with Gasteiger partial charge in [0, 0.05) is 10.0 Å². The van der Waals surface area contributed by atoms with E-state index in [-0.39, 0.29) is 12.4 Å². The van der Waals surface area contributed by atoms with Gasteiger partial charge in [-0.1, -0.05) is 27.6 Å². The molecule has 0 aliphatic rings. The first-order chi connectivity index (χ1) is 11.9. The normalized spacial score (nSPS) is 10.7. The lowest BCUT2D eigenvalue weighted by Gasteiger charge is -2.12. The highest BCUT2D eigenvalue weighted by Gasteiger charge is 2.12. The van der Waals surface area contributed by atoms with E-state index in [0.717, 1.165) is 10.0 Å². The Hall–Kier alpha value is -2.06. The summed E-state index contributed by atoms with van der Waals surface area (Å²) >= 11 is 6.71. The average Bonchev–Trinajstić information content (AvgIpc) is 2.56. The van der Waals surface area contributed by atoms with Gasteiger partial charge in [-0.2, -0.15) is 5.10 Å². The molecule has 2 aromatic carbocycles. The van der Waals surface area contributed by atoms with Crippen molar-refractivity contribution in [3.05, 3.63) is 50.4 Å². The van der Waals surface area contributed by atoms with E-state index in [0.29, 0.717) is 21.5 Å². The van der Waals surface area contributed by atoms with E-state index in [4.69, 9.17) is 9.47 Å². The summed E-state index contributed by atoms with van der Waals surface area (Å²) < 4.78 is 12.2. The second-order valence-corrected chi connectivity index (χ2v) is 6.83. The molecule has 0 aromatic heterocycles. The number of carbonyl (C=O) groups excluding carboxylic acids is 1. The van der Waals surface area contributed by atoms with E-state index < -0.39 is 5.91 Å². The van der Waals surface area contributed by atoms with Crippen LogP contribution in [-0.2, 0) is 4.79 Å². The van der Waals surface area contributed by atoms with E-state index in [1.807, 2.05) is 6.92 Å². The van der Waals surface area contributed by atoms with Crippen LogP contribution in [-0.4, -0.2) is 30.9 Å². The molecule has 2 N–H and O–H groups in total. The zero-order chi connectivity index (χ0) is 18.4. The molecule has 6 nitrogen and oxygen atoms in total. The van der Waals surface area contributed by atoms with E-state index in [1.54, 1.807) is 30.3 Å². The van der Waals surface area contributed by atoms with Crippen LogP contribution in [0.15, 0.2) is 44.4 Å². The van der Waals surface area contributed by atoms with Gasteiger partial charge in [-0.15, -0.1) is 0 Å².